The van der Waals surface area contributed by atoms with Crippen LogP contribution in [0.2, 0.25) is 0 Å². The SMILES string of the molecule is C=Cn1nc(Nc2ccc(C(=O)N(C)C3CNC3)cc2)nc1/C(=C\C)C1=CCN(C(=O)CCC(F)(F)F)CC1. The summed E-state index contributed by atoms with van der Waals surface area (Å²) in [5.41, 5.74) is 3.02. The molecule has 1 saturated heterocycles. The molecule has 0 saturated carbocycles. The number of nitrogens with zero attached hydrogens (tertiary/aromatic N) is 5. The summed E-state index contributed by atoms with van der Waals surface area (Å²) in [5, 5.41) is 10.8. The van der Waals surface area contributed by atoms with Crippen molar-refractivity contribution in [2.24, 2.45) is 0 Å². The van der Waals surface area contributed by atoms with Gasteiger partial charge in [0.15, 0.2) is 5.82 Å². The Hall–Kier alpha value is -3.93. The normalized spacial score (nSPS) is 16.4. The van der Waals surface area contributed by atoms with Gasteiger partial charge in [-0.1, -0.05) is 18.7 Å². The van der Waals surface area contributed by atoms with E-state index in [1.54, 1.807) is 40.9 Å². The standard InChI is InChI=1S/C27H32F3N7O2/c1-4-22(18-11-14-36(15-12-18)23(38)10-13-27(28,29)30)24-33-26(34-37(24)5-2)32-20-8-6-19(7-9-20)25(39)35(3)21-16-31-17-21/h4-9,11,21,31H,2,10,12-17H2,1,3H3,(H,32,34)/b22-4-. The Morgan fingerprint density at radius 3 is 2.51 bits per heavy atom. The van der Waals surface area contributed by atoms with E-state index in [4.69, 9.17) is 0 Å². The van der Waals surface area contributed by atoms with Gasteiger partial charge in [0.1, 0.15) is 0 Å². The van der Waals surface area contributed by atoms with Crippen LogP contribution in [-0.4, -0.2) is 81.8 Å². The lowest BCUT2D eigenvalue weighted by molar-refractivity contribution is -0.148. The van der Waals surface area contributed by atoms with E-state index < -0.39 is 24.9 Å². The molecule has 3 heterocycles. The number of carbonyl (C=O) groups excluding carboxylic acids is 2. The average molecular weight is 544 g/mol. The second-order valence-electron chi connectivity index (χ2n) is 9.45. The van der Waals surface area contributed by atoms with Crippen LogP contribution in [0, 0.1) is 0 Å². The molecule has 0 bridgehead atoms. The molecule has 9 nitrogen and oxygen atoms in total. The van der Waals surface area contributed by atoms with Crippen molar-refractivity contribution in [1.82, 2.24) is 29.9 Å². The van der Waals surface area contributed by atoms with Crippen molar-refractivity contribution >= 4 is 35.2 Å². The summed E-state index contributed by atoms with van der Waals surface area (Å²) < 4.78 is 39.0. The predicted molar refractivity (Wildman–Crippen MR) is 143 cm³/mol. The molecule has 4 rings (SSSR count). The molecule has 1 aromatic heterocycles. The van der Waals surface area contributed by atoms with Crippen LogP contribution >= 0.6 is 0 Å². The monoisotopic (exact) mass is 543 g/mol. The van der Waals surface area contributed by atoms with E-state index in [1.807, 2.05) is 19.1 Å². The first kappa shape index (κ1) is 28.1. The molecule has 1 fully saturated rings. The third-order valence-corrected chi connectivity index (χ3v) is 6.88. The maximum absolute atomic E-state index is 12.7. The van der Waals surface area contributed by atoms with Gasteiger partial charge in [0.25, 0.3) is 5.91 Å². The van der Waals surface area contributed by atoms with Crippen LogP contribution in [0.4, 0.5) is 24.8 Å². The van der Waals surface area contributed by atoms with Crippen molar-refractivity contribution in [2.45, 2.75) is 38.4 Å². The fraction of sp³-hybridized carbons (Fsp3) is 0.407. The molecule has 2 N–H and O–H groups in total. The van der Waals surface area contributed by atoms with Gasteiger partial charge in [-0.25, -0.2) is 4.68 Å². The number of carbonyl (C=O) groups is 2. The van der Waals surface area contributed by atoms with Crippen molar-refractivity contribution in [3.8, 4) is 0 Å². The molecule has 208 valence electrons. The summed E-state index contributed by atoms with van der Waals surface area (Å²) >= 11 is 0. The molecule has 0 atom stereocenters. The van der Waals surface area contributed by atoms with Crippen LogP contribution in [0.3, 0.4) is 0 Å². The van der Waals surface area contributed by atoms with E-state index in [0.717, 1.165) is 24.2 Å². The number of alkyl halides is 3. The first-order chi connectivity index (χ1) is 18.6. The quantitative estimate of drug-likeness (QED) is 0.495. The highest BCUT2D eigenvalue weighted by Gasteiger charge is 2.30. The minimum absolute atomic E-state index is 0.0384. The van der Waals surface area contributed by atoms with Crippen molar-refractivity contribution in [2.75, 3.05) is 38.5 Å². The fourth-order valence-electron chi connectivity index (χ4n) is 4.43. The Balaban J connectivity index is 1.42. The topological polar surface area (TPSA) is 95.4 Å². The summed E-state index contributed by atoms with van der Waals surface area (Å²) in [6.45, 7) is 7.83. The predicted octanol–water partition coefficient (Wildman–Crippen LogP) is 4.07. The number of hydrogen-bond donors (Lipinski definition) is 2. The summed E-state index contributed by atoms with van der Waals surface area (Å²) in [7, 11) is 1.80. The number of anilines is 2. The molecule has 2 amide bonds. The molecule has 0 radical (unpaired) electrons. The van der Waals surface area contributed by atoms with E-state index in [9.17, 15) is 22.8 Å². The van der Waals surface area contributed by atoms with Gasteiger partial charge in [-0.15, -0.1) is 5.10 Å². The molecule has 39 heavy (non-hydrogen) atoms. The molecule has 1 aromatic carbocycles. The van der Waals surface area contributed by atoms with Gasteiger partial charge in [-0.2, -0.15) is 18.2 Å². The third-order valence-electron chi connectivity index (χ3n) is 6.88. The number of aromatic nitrogens is 3. The number of rotatable bonds is 9. The van der Waals surface area contributed by atoms with Gasteiger partial charge >= 0.3 is 6.18 Å². The summed E-state index contributed by atoms with van der Waals surface area (Å²) in [4.78, 5) is 32.7. The zero-order chi connectivity index (χ0) is 28.2. The van der Waals surface area contributed by atoms with E-state index in [0.29, 0.717) is 36.0 Å². The number of nitrogens with one attached hydrogen (secondary N) is 2. The smallest absolute Gasteiger partial charge is 0.339 e. The molecule has 12 heteroatoms. The minimum Gasteiger partial charge on any atom is -0.339 e. The van der Waals surface area contributed by atoms with Crippen LogP contribution in [0.15, 0.2) is 48.6 Å². The molecule has 0 unspecified atom stereocenters. The van der Waals surface area contributed by atoms with Crippen LogP contribution < -0.4 is 10.6 Å². The van der Waals surface area contributed by atoms with E-state index >= 15 is 0 Å². The van der Waals surface area contributed by atoms with Crippen LogP contribution in [-0.2, 0) is 4.79 Å². The summed E-state index contributed by atoms with van der Waals surface area (Å²) in [6.07, 6.45) is -0.292. The van der Waals surface area contributed by atoms with Gasteiger partial charge in [0.05, 0.1) is 12.5 Å². The van der Waals surface area contributed by atoms with Crippen LogP contribution in [0.1, 0.15) is 42.4 Å². The Morgan fingerprint density at radius 2 is 1.97 bits per heavy atom. The number of benzene rings is 1. The van der Waals surface area contributed by atoms with Crippen molar-refractivity contribution in [3.05, 3.63) is 60.0 Å². The van der Waals surface area contributed by atoms with Gasteiger partial charge in [-0.05, 0) is 43.2 Å². The zero-order valence-electron chi connectivity index (χ0n) is 22.0. The second-order valence-corrected chi connectivity index (χ2v) is 9.45. The van der Waals surface area contributed by atoms with E-state index in [1.165, 1.54) is 11.1 Å². The molecule has 0 spiro atoms. The highest BCUT2D eigenvalue weighted by atomic mass is 19.4. The summed E-state index contributed by atoms with van der Waals surface area (Å²) in [5.74, 6) is 0.329. The molecule has 0 aliphatic carbocycles. The second kappa shape index (κ2) is 11.9. The average Bonchev–Trinajstić information content (AvgIpc) is 3.29. The van der Waals surface area contributed by atoms with Gasteiger partial charge in [0.2, 0.25) is 11.9 Å². The van der Waals surface area contributed by atoms with E-state index in [2.05, 4.69) is 27.3 Å². The molecule has 2 aliphatic heterocycles. The lowest BCUT2D eigenvalue weighted by Gasteiger charge is -2.35. The number of likely N-dealkylation sites (N-methyl/N-ethyl adjacent to an activating group) is 1. The van der Waals surface area contributed by atoms with Crippen LogP contribution in [0.5, 0.6) is 0 Å². The van der Waals surface area contributed by atoms with Gasteiger partial charge < -0.3 is 20.4 Å². The fourth-order valence-corrected chi connectivity index (χ4v) is 4.43. The minimum atomic E-state index is -4.35. The number of halogens is 3. The number of amides is 2. The van der Waals surface area contributed by atoms with Crippen molar-refractivity contribution in [1.29, 1.82) is 0 Å². The van der Waals surface area contributed by atoms with Crippen molar-refractivity contribution in [3.63, 3.8) is 0 Å². The van der Waals surface area contributed by atoms with Crippen LogP contribution in [0.25, 0.3) is 11.8 Å². The molecular weight excluding hydrogens is 511 g/mol. The Morgan fingerprint density at radius 1 is 1.26 bits per heavy atom. The number of hydrogen-bond acceptors (Lipinski definition) is 6. The van der Waals surface area contributed by atoms with Gasteiger partial charge in [0, 0.05) is 62.7 Å². The Kier molecular flexibility index (Phi) is 8.54. The number of allylic oxidation sites excluding steroid dienone is 2. The molecule has 2 aromatic rings. The summed E-state index contributed by atoms with van der Waals surface area (Å²) in [6, 6.07) is 7.30. The Bertz CT molecular complexity index is 1280. The Labute approximate surface area is 225 Å². The lowest BCUT2D eigenvalue weighted by Crippen LogP contribution is -2.57. The first-order valence-corrected chi connectivity index (χ1v) is 12.7. The lowest BCUT2D eigenvalue weighted by atomic mass is 9.98. The highest BCUT2D eigenvalue weighted by Crippen LogP contribution is 2.29. The van der Waals surface area contributed by atoms with Crippen molar-refractivity contribution < 1.29 is 22.8 Å². The largest absolute Gasteiger partial charge is 0.389 e. The van der Waals surface area contributed by atoms with Gasteiger partial charge in [-0.3, -0.25) is 9.59 Å². The maximum Gasteiger partial charge on any atom is 0.389 e. The third kappa shape index (κ3) is 6.75. The zero-order valence-corrected chi connectivity index (χ0v) is 22.0. The first-order valence-electron chi connectivity index (χ1n) is 12.7. The maximum atomic E-state index is 12.7. The molecule has 2 aliphatic rings. The van der Waals surface area contributed by atoms with E-state index in [-0.39, 0.29) is 18.5 Å². The highest BCUT2D eigenvalue weighted by molar-refractivity contribution is 5.94. The molecular formula is C27H32F3N7O2.